The minimum absolute atomic E-state index is 0.487. The fourth-order valence-corrected chi connectivity index (χ4v) is 2.59. The van der Waals surface area contributed by atoms with Gasteiger partial charge < -0.3 is 5.73 Å². The lowest BCUT2D eigenvalue weighted by Crippen LogP contribution is -2.50. The van der Waals surface area contributed by atoms with Crippen LogP contribution in [0.4, 0.5) is 0 Å². The number of hydrogen-bond acceptors (Lipinski definition) is 2. The van der Waals surface area contributed by atoms with E-state index in [0.29, 0.717) is 17.4 Å². The topological polar surface area (TPSA) is 29.3 Å². The maximum Gasteiger partial charge on any atom is 0.0241 e. The number of piperidine rings is 1. The van der Waals surface area contributed by atoms with Gasteiger partial charge in [0.1, 0.15) is 0 Å². The molecule has 1 heterocycles. The number of rotatable bonds is 3. The van der Waals surface area contributed by atoms with Crippen molar-refractivity contribution in [2.24, 2.45) is 17.1 Å². The zero-order chi connectivity index (χ0) is 10.8. The molecular formula is C12H26N2. The van der Waals surface area contributed by atoms with E-state index in [9.17, 15) is 0 Å². The van der Waals surface area contributed by atoms with Crippen molar-refractivity contribution in [1.82, 2.24) is 4.90 Å². The van der Waals surface area contributed by atoms with Gasteiger partial charge in [-0.2, -0.15) is 0 Å². The number of hydrogen-bond donors (Lipinski definition) is 1. The minimum atomic E-state index is 0.487. The highest BCUT2D eigenvalue weighted by Gasteiger charge is 2.30. The second-order valence-electron chi connectivity index (χ2n) is 5.79. The fraction of sp³-hybridized carbons (Fsp3) is 1.00. The molecular weight excluding hydrogens is 172 g/mol. The van der Waals surface area contributed by atoms with E-state index >= 15 is 0 Å². The molecule has 1 aliphatic heterocycles. The summed E-state index contributed by atoms with van der Waals surface area (Å²) in [7, 11) is 0. The van der Waals surface area contributed by atoms with Crippen LogP contribution >= 0.6 is 0 Å². The largest absolute Gasteiger partial charge is 0.329 e. The molecule has 0 saturated carbocycles. The third kappa shape index (κ3) is 2.96. The highest BCUT2D eigenvalue weighted by molar-refractivity contribution is 4.85. The van der Waals surface area contributed by atoms with Gasteiger partial charge in [0.05, 0.1) is 0 Å². The van der Waals surface area contributed by atoms with Crippen LogP contribution in [0, 0.1) is 11.3 Å². The van der Waals surface area contributed by atoms with Gasteiger partial charge in [0, 0.05) is 19.1 Å². The molecule has 0 aromatic heterocycles. The Morgan fingerprint density at radius 2 is 2.00 bits per heavy atom. The second kappa shape index (κ2) is 4.63. The van der Waals surface area contributed by atoms with Crippen molar-refractivity contribution in [3.63, 3.8) is 0 Å². The minimum Gasteiger partial charge on any atom is -0.329 e. The van der Waals surface area contributed by atoms with Crippen LogP contribution in [-0.4, -0.2) is 30.6 Å². The summed E-state index contributed by atoms with van der Waals surface area (Å²) in [4.78, 5) is 2.59. The van der Waals surface area contributed by atoms with Crippen LogP contribution in [0.3, 0.4) is 0 Å². The van der Waals surface area contributed by atoms with Gasteiger partial charge in [0.25, 0.3) is 0 Å². The van der Waals surface area contributed by atoms with Crippen molar-refractivity contribution >= 4 is 0 Å². The lowest BCUT2D eigenvalue weighted by molar-refractivity contribution is 0.0622. The Kier molecular flexibility index (Phi) is 3.96. The van der Waals surface area contributed by atoms with Crippen LogP contribution in [-0.2, 0) is 0 Å². The van der Waals surface area contributed by atoms with Crippen molar-refractivity contribution in [2.45, 2.75) is 46.6 Å². The van der Waals surface area contributed by atoms with Gasteiger partial charge in [0.2, 0.25) is 0 Å². The maximum absolute atomic E-state index is 5.85. The number of likely N-dealkylation sites (tertiary alicyclic amines) is 1. The van der Waals surface area contributed by atoms with Gasteiger partial charge in [0.15, 0.2) is 0 Å². The third-order valence-corrected chi connectivity index (χ3v) is 3.41. The summed E-state index contributed by atoms with van der Waals surface area (Å²) in [5.74, 6) is 0.675. The van der Waals surface area contributed by atoms with Crippen molar-refractivity contribution in [2.75, 3.05) is 19.6 Å². The predicted molar refractivity (Wildman–Crippen MR) is 62.3 cm³/mol. The molecule has 1 atom stereocenters. The molecule has 0 bridgehead atoms. The molecule has 0 aromatic rings. The molecule has 1 unspecified atom stereocenters. The van der Waals surface area contributed by atoms with Crippen molar-refractivity contribution in [3.05, 3.63) is 0 Å². The Labute approximate surface area is 88.8 Å². The molecule has 1 aliphatic rings. The van der Waals surface area contributed by atoms with Gasteiger partial charge >= 0.3 is 0 Å². The molecule has 0 aromatic carbocycles. The SMILES string of the molecule is CC(C)C(CN)N1CCCC(C)(C)C1. The Hall–Kier alpha value is -0.0800. The van der Waals surface area contributed by atoms with E-state index < -0.39 is 0 Å². The van der Waals surface area contributed by atoms with Crippen LogP contribution < -0.4 is 5.73 Å². The van der Waals surface area contributed by atoms with Gasteiger partial charge in [-0.25, -0.2) is 0 Å². The summed E-state index contributed by atoms with van der Waals surface area (Å²) >= 11 is 0. The molecule has 14 heavy (non-hydrogen) atoms. The van der Waals surface area contributed by atoms with Crippen molar-refractivity contribution in [1.29, 1.82) is 0 Å². The summed E-state index contributed by atoms with van der Waals surface area (Å²) in [6, 6.07) is 0.578. The Morgan fingerprint density at radius 3 is 2.43 bits per heavy atom. The molecule has 1 fully saturated rings. The first-order chi connectivity index (χ1) is 6.46. The molecule has 0 spiro atoms. The summed E-state index contributed by atoms with van der Waals surface area (Å²) < 4.78 is 0. The molecule has 2 heteroatoms. The van der Waals surface area contributed by atoms with Gasteiger partial charge in [-0.05, 0) is 30.7 Å². The van der Waals surface area contributed by atoms with Crippen LogP contribution in [0.25, 0.3) is 0 Å². The Morgan fingerprint density at radius 1 is 1.36 bits per heavy atom. The molecule has 1 rings (SSSR count). The lowest BCUT2D eigenvalue weighted by Gasteiger charge is -2.43. The van der Waals surface area contributed by atoms with Crippen molar-refractivity contribution < 1.29 is 0 Å². The first-order valence-corrected chi connectivity index (χ1v) is 5.90. The summed E-state index contributed by atoms with van der Waals surface area (Å²) in [5.41, 5.74) is 6.34. The quantitative estimate of drug-likeness (QED) is 0.752. The number of nitrogens with zero attached hydrogens (tertiary/aromatic N) is 1. The van der Waals surface area contributed by atoms with E-state index in [-0.39, 0.29) is 0 Å². The highest BCUT2D eigenvalue weighted by atomic mass is 15.2. The van der Waals surface area contributed by atoms with Crippen LogP contribution in [0.5, 0.6) is 0 Å². The van der Waals surface area contributed by atoms with E-state index in [2.05, 4.69) is 32.6 Å². The lowest BCUT2D eigenvalue weighted by atomic mass is 9.83. The molecule has 0 aliphatic carbocycles. The maximum atomic E-state index is 5.85. The molecule has 2 nitrogen and oxygen atoms in total. The Balaban J connectivity index is 2.58. The summed E-state index contributed by atoms with van der Waals surface area (Å²) in [5, 5.41) is 0. The van der Waals surface area contributed by atoms with Gasteiger partial charge in [-0.15, -0.1) is 0 Å². The zero-order valence-electron chi connectivity index (χ0n) is 10.2. The van der Waals surface area contributed by atoms with Gasteiger partial charge in [-0.3, -0.25) is 4.90 Å². The molecule has 1 saturated heterocycles. The van der Waals surface area contributed by atoms with E-state index in [1.165, 1.54) is 25.9 Å². The first-order valence-electron chi connectivity index (χ1n) is 5.90. The van der Waals surface area contributed by atoms with E-state index in [0.717, 1.165) is 6.54 Å². The van der Waals surface area contributed by atoms with Crippen molar-refractivity contribution in [3.8, 4) is 0 Å². The normalized spacial score (nSPS) is 25.3. The average molecular weight is 198 g/mol. The van der Waals surface area contributed by atoms with Gasteiger partial charge in [-0.1, -0.05) is 27.7 Å². The van der Waals surface area contributed by atoms with Crippen LogP contribution in [0.2, 0.25) is 0 Å². The van der Waals surface area contributed by atoms with Crippen LogP contribution in [0.15, 0.2) is 0 Å². The van der Waals surface area contributed by atoms with Crippen LogP contribution in [0.1, 0.15) is 40.5 Å². The Bertz CT molecular complexity index is 175. The van der Waals surface area contributed by atoms with E-state index in [4.69, 9.17) is 5.73 Å². The predicted octanol–water partition coefficient (Wildman–Crippen LogP) is 2.09. The fourth-order valence-electron chi connectivity index (χ4n) is 2.59. The highest BCUT2D eigenvalue weighted by Crippen LogP contribution is 2.30. The standard InChI is InChI=1S/C12H26N2/c1-10(2)11(8-13)14-7-5-6-12(3,4)9-14/h10-11H,5-9,13H2,1-4H3. The number of nitrogens with two attached hydrogens (primary N) is 1. The summed E-state index contributed by atoms with van der Waals surface area (Å²) in [6.45, 7) is 12.5. The molecule has 0 radical (unpaired) electrons. The first kappa shape index (κ1) is 12.0. The average Bonchev–Trinajstić information content (AvgIpc) is 2.02. The molecule has 84 valence electrons. The van der Waals surface area contributed by atoms with E-state index in [1.54, 1.807) is 0 Å². The van der Waals surface area contributed by atoms with E-state index in [1.807, 2.05) is 0 Å². The smallest absolute Gasteiger partial charge is 0.0241 e. The second-order valence-corrected chi connectivity index (χ2v) is 5.79. The zero-order valence-corrected chi connectivity index (χ0v) is 10.2. The third-order valence-electron chi connectivity index (χ3n) is 3.41. The molecule has 0 amide bonds. The molecule has 2 N–H and O–H groups in total. The summed E-state index contributed by atoms with van der Waals surface area (Å²) in [6.07, 6.45) is 2.69. The monoisotopic (exact) mass is 198 g/mol.